The monoisotopic (exact) mass is 263 g/mol. The van der Waals surface area contributed by atoms with Gasteiger partial charge in [-0.1, -0.05) is 50.6 Å². The molecule has 104 valence electrons. The predicted octanol–water partition coefficient (Wildman–Crippen LogP) is 2.15. The topological polar surface area (TPSA) is 66.4 Å². The number of carboxylic acids is 1. The normalized spacial score (nSPS) is 12.8. The molecule has 0 aliphatic heterocycles. The molecule has 0 radical (unpaired) electrons. The van der Waals surface area contributed by atoms with Crippen molar-refractivity contribution in [2.75, 3.05) is 0 Å². The van der Waals surface area contributed by atoms with Crippen molar-refractivity contribution >= 4 is 11.9 Å². The molecule has 1 aromatic rings. The van der Waals surface area contributed by atoms with Crippen LogP contribution in [0.4, 0.5) is 0 Å². The number of amides is 1. The Hall–Kier alpha value is -1.84. The Balaban J connectivity index is 2.71. The van der Waals surface area contributed by atoms with E-state index >= 15 is 0 Å². The van der Waals surface area contributed by atoms with Gasteiger partial charge in [-0.05, 0) is 17.9 Å². The summed E-state index contributed by atoms with van der Waals surface area (Å²) >= 11 is 0. The quantitative estimate of drug-likeness (QED) is 0.874. The van der Waals surface area contributed by atoms with Crippen LogP contribution in [0.15, 0.2) is 24.3 Å². The Bertz CT molecular complexity index is 475. The minimum absolute atomic E-state index is 0.196. The van der Waals surface area contributed by atoms with E-state index in [4.69, 9.17) is 5.11 Å². The lowest BCUT2D eigenvalue weighted by atomic mass is 9.86. The molecule has 0 aromatic heterocycles. The number of carboxylic acid groups (broad SMARTS) is 1. The number of rotatable bonds is 4. The SMILES string of the molecule is Cc1cccc(CC(=O)N[C@@H](C(=O)O)C(C)(C)C)c1. The lowest BCUT2D eigenvalue weighted by molar-refractivity contribution is -0.144. The first-order valence-electron chi connectivity index (χ1n) is 6.28. The molecule has 19 heavy (non-hydrogen) atoms. The molecule has 4 heteroatoms. The predicted molar refractivity (Wildman–Crippen MR) is 73.9 cm³/mol. The molecule has 0 fully saturated rings. The molecule has 1 aromatic carbocycles. The molecule has 1 amide bonds. The Morgan fingerprint density at radius 1 is 1.32 bits per heavy atom. The van der Waals surface area contributed by atoms with Crippen molar-refractivity contribution < 1.29 is 14.7 Å². The molecule has 0 aliphatic rings. The van der Waals surface area contributed by atoms with E-state index < -0.39 is 17.4 Å². The van der Waals surface area contributed by atoms with Gasteiger partial charge in [-0.2, -0.15) is 0 Å². The van der Waals surface area contributed by atoms with Crippen LogP contribution in [-0.2, 0) is 16.0 Å². The van der Waals surface area contributed by atoms with Gasteiger partial charge in [-0.25, -0.2) is 4.79 Å². The van der Waals surface area contributed by atoms with Crippen LogP contribution < -0.4 is 5.32 Å². The van der Waals surface area contributed by atoms with Crippen molar-refractivity contribution in [1.29, 1.82) is 0 Å². The third-order valence-corrected chi connectivity index (χ3v) is 2.87. The zero-order chi connectivity index (χ0) is 14.6. The Morgan fingerprint density at radius 2 is 1.95 bits per heavy atom. The van der Waals surface area contributed by atoms with Crippen molar-refractivity contribution in [2.24, 2.45) is 5.41 Å². The van der Waals surface area contributed by atoms with Crippen LogP contribution in [0.25, 0.3) is 0 Å². The first kappa shape index (κ1) is 15.2. The second kappa shape index (κ2) is 5.87. The van der Waals surface area contributed by atoms with Crippen LogP contribution in [0, 0.1) is 12.3 Å². The Kier molecular flexibility index (Phi) is 4.70. The summed E-state index contributed by atoms with van der Waals surface area (Å²) in [7, 11) is 0. The minimum atomic E-state index is -1.01. The van der Waals surface area contributed by atoms with Crippen molar-refractivity contribution in [3.63, 3.8) is 0 Å². The van der Waals surface area contributed by atoms with Gasteiger partial charge in [0.1, 0.15) is 6.04 Å². The number of carbonyl (C=O) groups is 2. The Morgan fingerprint density at radius 3 is 2.42 bits per heavy atom. The first-order valence-corrected chi connectivity index (χ1v) is 6.28. The lowest BCUT2D eigenvalue weighted by Crippen LogP contribution is -2.49. The number of hydrogen-bond acceptors (Lipinski definition) is 2. The van der Waals surface area contributed by atoms with E-state index in [1.165, 1.54) is 0 Å². The number of aryl methyl sites for hydroxylation is 1. The highest BCUT2D eigenvalue weighted by molar-refractivity contribution is 5.85. The van der Waals surface area contributed by atoms with Crippen LogP contribution in [0.2, 0.25) is 0 Å². The summed E-state index contributed by atoms with van der Waals surface area (Å²) in [5.74, 6) is -1.28. The van der Waals surface area contributed by atoms with Crippen LogP contribution in [-0.4, -0.2) is 23.0 Å². The molecule has 1 atom stereocenters. The smallest absolute Gasteiger partial charge is 0.326 e. The number of nitrogens with one attached hydrogen (secondary N) is 1. The van der Waals surface area contributed by atoms with Gasteiger partial charge < -0.3 is 10.4 Å². The molecule has 0 spiro atoms. The van der Waals surface area contributed by atoms with E-state index in [2.05, 4.69) is 5.32 Å². The summed E-state index contributed by atoms with van der Waals surface area (Å²) in [6.45, 7) is 7.33. The molecule has 0 bridgehead atoms. The largest absolute Gasteiger partial charge is 0.480 e. The highest BCUT2D eigenvalue weighted by Crippen LogP contribution is 2.19. The molecule has 1 rings (SSSR count). The third-order valence-electron chi connectivity index (χ3n) is 2.87. The fourth-order valence-corrected chi connectivity index (χ4v) is 1.87. The van der Waals surface area contributed by atoms with Gasteiger partial charge in [0.25, 0.3) is 0 Å². The maximum Gasteiger partial charge on any atom is 0.326 e. The number of hydrogen-bond donors (Lipinski definition) is 2. The first-order chi connectivity index (χ1) is 8.70. The third kappa shape index (κ3) is 4.73. The molecule has 0 saturated heterocycles. The maximum atomic E-state index is 11.9. The van der Waals surface area contributed by atoms with Crippen molar-refractivity contribution in [2.45, 2.75) is 40.2 Å². The van der Waals surface area contributed by atoms with Gasteiger partial charge in [0.05, 0.1) is 6.42 Å². The summed E-state index contributed by atoms with van der Waals surface area (Å²) in [6.07, 6.45) is 0.196. The van der Waals surface area contributed by atoms with Gasteiger partial charge >= 0.3 is 5.97 Å². The fourth-order valence-electron chi connectivity index (χ4n) is 1.87. The summed E-state index contributed by atoms with van der Waals surface area (Å²) in [4.78, 5) is 23.1. The van der Waals surface area contributed by atoms with E-state index in [1.54, 1.807) is 20.8 Å². The molecule has 4 nitrogen and oxygen atoms in total. The van der Waals surface area contributed by atoms with E-state index in [9.17, 15) is 9.59 Å². The molecule has 0 aliphatic carbocycles. The van der Waals surface area contributed by atoms with Gasteiger partial charge in [-0.15, -0.1) is 0 Å². The average Bonchev–Trinajstić information content (AvgIpc) is 2.24. The second-order valence-corrected chi connectivity index (χ2v) is 5.87. The number of benzene rings is 1. The Labute approximate surface area is 113 Å². The number of carbonyl (C=O) groups excluding carboxylic acids is 1. The zero-order valence-corrected chi connectivity index (χ0v) is 11.9. The summed E-state index contributed by atoms with van der Waals surface area (Å²) in [6, 6.07) is 6.74. The lowest BCUT2D eigenvalue weighted by Gasteiger charge is -2.27. The minimum Gasteiger partial charge on any atom is -0.480 e. The highest BCUT2D eigenvalue weighted by atomic mass is 16.4. The fraction of sp³-hybridized carbons (Fsp3) is 0.467. The molecular weight excluding hydrogens is 242 g/mol. The summed E-state index contributed by atoms with van der Waals surface area (Å²) in [5, 5.41) is 11.7. The summed E-state index contributed by atoms with van der Waals surface area (Å²) < 4.78 is 0. The standard InChI is InChI=1S/C15H21NO3/c1-10-6-5-7-11(8-10)9-12(17)16-13(14(18)19)15(2,3)4/h5-8,13H,9H2,1-4H3,(H,16,17)(H,18,19)/t13-/m0/s1. The van der Waals surface area contributed by atoms with Gasteiger partial charge in [0, 0.05) is 0 Å². The average molecular weight is 263 g/mol. The second-order valence-electron chi connectivity index (χ2n) is 5.87. The van der Waals surface area contributed by atoms with Crippen LogP contribution >= 0.6 is 0 Å². The molecule has 2 N–H and O–H groups in total. The van der Waals surface area contributed by atoms with Crippen molar-refractivity contribution in [3.05, 3.63) is 35.4 Å². The molecule has 0 saturated carbocycles. The summed E-state index contributed by atoms with van der Waals surface area (Å²) in [5.41, 5.74) is 1.44. The van der Waals surface area contributed by atoms with Crippen molar-refractivity contribution in [1.82, 2.24) is 5.32 Å². The number of aliphatic carboxylic acids is 1. The van der Waals surface area contributed by atoms with Gasteiger partial charge in [0.15, 0.2) is 0 Å². The van der Waals surface area contributed by atoms with E-state index in [1.807, 2.05) is 31.2 Å². The van der Waals surface area contributed by atoms with Gasteiger partial charge in [0.2, 0.25) is 5.91 Å². The maximum absolute atomic E-state index is 11.9. The van der Waals surface area contributed by atoms with Gasteiger partial charge in [-0.3, -0.25) is 4.79 Å². The van der Waals surface area contributed by atoms with E-state index in [-0.39, 0.29) is 12.3 Å². The zero-order valence-electron chi connectivity index (χ0n) is 11.9. The van der Waals surface area contributed by atoms with Crippen LogP contribution in [0.3, 0.4) is 0 Å². The van der Waals surface area contributed by atoms with Crippen LogP contribution in [0.5, 0.6) is 0 Å². The highest BCUT2D eigenvalue weighted by Gasteiger charge is 2.32. The van der Waals surface area contributed by atoms with Crippen LogP contribution in [0.1, 0.15) is 31.9 Å². The van der Waals surface area contributed by atoms with E-state index in [0.29, 0.717) is 0 Å². The molecule has 0 unspecified atom stereocenters. The molecular formula is C15H21NO3. The van der Waals surface area contributed by atoms with Crippen molar-refractivity contribution in [3.8, 4) is 0 Å². The molecule has 0 heterocycles. The van der Waals surface area contributed by atoms with E-state index in [0.717, 1.165) is 11.1 Å².